The van der Waals surface area contributed by atoms with Crippen molar-refractivity contribution >= 4 is 23.7 Å². The minimum Gasteiger partial charge on any atom is -0.508 e. The first-order chi connectivity index (χ1) is 14.3. The predicted octanol–water partition coefficient (Wildman–Crippen LogP) is 4.30. The molecule has 0 bridgehead atoms. The van der Waals surface area contributed by atoms with Crippen LogP contribution in [0.4, 0.5) is 0 Å². The first-order valence-corrected chi connectivity index (χ1v) is 8.91. The summed E-state index contributed by atoms with van der Waals surface area (Å²) in [5.74, 6) is -1.52. The Hall–Kier alpha value is -4.32. The van der Waals surface area contributed by atoms with Crippen molar-refractivity contribution < 1.29 is 30.0 Å². The van der Waals surface area contributed by atoms with Crippen LogP contribution in [0.5, 0.6) is 23.0 Å². The van der Waals surface area contributed by atoms with Gasteiger partial charge in [-0.05, 0) is 47.5 Å². The number of rotatable bonds is 6. The fourth-order valence-corrected chi connectivity index (χ4v) is 2.73. The van der Waals surface area contributed by atoms with E-state index in [4.69, 9.17) is 0 Å². The van der Waals surface area contributed by atoms with Gasteiger partial charge < -0.3 is 20.4 Å². The SMILES string of the molecule is O=C(/C=C/c1ccc(/C=C/C(=O)c2cc(O)cc(O)c2)cc1)c1cc(O)cc(O)c1. The Morgan fingerprint density at radius 3 is 1.13 bits per heavy atom. The summed E-state index contributed by atoms with van der Waals surface area (Å²) in [5, 5.41) is 37.8. The second-order valence-electron chi connectivity index (χ2n) is 6.54. The molecular weight excluding hydrogens is 384 g/mol. The quantitative estimate of drug-likeness (QED) is 0.361. The molecule has 0 fully saturated rings. The normalized spacial score (nSPS) is 11.2. The van der Waals surface area contributed by atoms with Crippen molar-refractivity contribution in [2.75, 3.05) is 0 Å². The minimum atomic E-state index is -0.370. The van der Waals surface area contributed by atoms with Crippen molar-refractivity contribution in [3.05, 3.63) is 95.1 Å². The zero-order chi connectivity index (χ0) is 21.7. The number of ketones is 2. The highest BCUT2D eigenvalue weighted by Gasteiger charge is 2.06. The molecule has 0 amide bonds. The highest BCUT2D eigenvalue weighted by atomic mass is 16.3. The van der Waals surface area contributed by atoms with Gasteiger partial charge in [-0.3, -0.25) is 9.59 Å². The minimum absolute atomic E-state index is 0.166. The summed E-state index contributed by atoms with van der Waals surface area (Å²) < 4.78 is 0. The molecule has 3 aromatic carbocycles. The van der Waals surface area contributed by atoms with E-state index in [1.807, 2.05) is 0 Å². The lowest BCUT2D eigenvalue weighted by molar-refractivity contribution is 0.103. The molecule has 6 nitrogen and oxygen atoms in total. The summed E-state index contributed by atoms with van der Waals surface area (Å²) in [6.07, 6.45) is 5.85. The maximum absolute atomic E-state index is 12.2. The number of phenols is 4. The number of benzene rings is 3. The number of hydrogen-bond acceptors (Lipinski definition) is 6. The number of phenolic OH excluding ortho intramolecular Hbond substituents is 4. The van der Waals surface area contributed by atoms with Crippen molar-refractivity contribution in [3.63, 3.8) is 0 Å². The summed E-state index contributed by atoms with van der Waals surface area (Å²) in [4.78, 5) is 24.3. The van der Waals surface area contributed by atoms with Gasteiger partial charge in [-0.25, -0.2) is 0 Å². The largest absolute Gasteiger partial charge is 0.508 e. The Kier molecular flexibility index (Phi) is 5.98. The van der Waals surface area contributed by atoms with Crippen LogP contribution in [0.25, 0.3) is 12.2 Å². The van der Waals surface area contributed by atoms with Crippen LogP contribution in [0.3, 0.4) is 0 Å². The van der Waals surface area contributed by atoms with Gasteiger partial charge in [0.25, 0.3) is 0 Å². The second-order valence-corrected chi connectivity index (χ2v) is 6.54. The first kappa shape index (κ1) is 20.4. The highest BCUT2D eigenvalue weighted by Crippen LogP contribution is 2.22. The molecule has 0 atom stereocenters. The van der Waals surface area contributed by atoms with Crippen LogP contribution in [-0.2, 0) is 0 Å². The lowest BCUT2D eigenvalue weighted by Gasteiger charge is -2.00. The van der Waals surface area contributed by atoms with Crippen molar-refractivity contribution in [2.45, 2.75) is 0 Å². The molecule has 0 aromatic heterocycles. The van der Waals surface area contributed by atoms with Crippen molar-refractivity contribution in [1.29, 1.82) is 0 Å². The molecule has 0 radical (unpaired) electrons. The average molecular weight is 402 g/mol. The summed E-state index contributed by atoms with van der Waals surface area (Å²) in [6.45, 7) is 0. The number of hydrogen-bond donors (Lipinski definition) is 4. The Morgan fingerprint density at radius 2 is 0.833 bits per heavy atom. The van der Waals surface area contributed by atoms with E-state index in [1.165, 1.54) is 36.4 Å². The van der Waals surface area contributed by atoms with E-state index in [-0.39, 0.29) is 45.7 Å². The molecule has 6 heteroatoms. The van der Waals surface area contributed by atoms with Gasteiger partial charge in [0, 0.05) is 23.3 Å². The molecule has 0 aliphatic carbocycles. The standard InChI is InChI=1S/C24H18O6/c25-19-9-17(10-20(26)13-19)23(29)7-5-15-1-2-16(4-3-15)6-8-24(30)18-11-21(27)14-22(28)12-18/h1-14,25-28H/b7-5+,8-6+. The monoisotopic (exact) mass is 402 g/mol. The second kappa shape index (κ2) is 8.79. The molecule has 0 saturated heterocycles. The van der Waals surface area contributed by atoms with Gasteiger partial charge in [-0.2, -0.15) is 0 Å². The summed E-state index contributed by atoms with van der Waals surface area (Å²) in [7, 11) is 0. The van der Waals surface area contributed by atoms with Gasteiger partial charge >= 0.3 is 0 Å². The molecule has 0 aliphatic heterocycles. The zero-order valence-corrected chi connectivity index (χ0v) is 15.7. The number of aromatic hydroxyl groups is 4. The van der Waals surface area contributed by atoms with E-state index in [0.29, 0.717) is 0 Å². The Balaban J connectivity index is 1.67. The van der Waals surface area contributed by atoms with E-state index in [1.54, 1.807) is 36.4 Å². The molecule has 0 heterocycles. The average Bonchev–Trinajstić information content (AvgIpc) is 2.69. The maximum atomic E-state index is 12.2. The molecule has 3 rings (SSSR count). The van der Waals surface area contributed by atoms with E-state index < -0.39 is 0 Å². The van der Waals surface area contributed by atoms with Crippen LogP contribution in [0, 0.1) is 0 Å². The maximum Gasteiger partial charge on any atom is 0.186 e. The lowest BCUT2D eigenvalue weighted by Crippen LogP contribution is -1.94. The Bertz CT molecular complexity index is 1020. The number of carbonyl (C=O) groups is 2. The smallest absolute Gasteiger partial charge is 0.186 e. The van der Waals surface area contributed by atoms with Crippen molar-refractivity contribution in [3.8, 4) is 23.0 Å². The van der Waals surface area contributed by atoms with Gasteiger partial charge in [-0.1, -0.05) is 36.4 Å². The number of carbonyl (C=O) groups excluding carboxylic acids is 2. The van der Waals surface area contributed by atoms with E-state index in [2.05, 4.69) is 0 Å². The van der Waals surface area contributed by atoms with Crippen LogP contribution in [-0.4, -0.2) is 32.0 Å². The molecule has 0 unspecified atom stereocenters. The third-order valence-corrected chi connectivity index (χ3v) is 4.16. The highest BCUT2D eigenvalue weighted by molar-refractivity contribution is 6.08. The zero-order valence-electron chi connectivity index (χ0n) is 15.7. The fourth-order valence-electron chi connectivity index (χ4n) is 2.73. The summed E-state index contributed by atoms with van der Waals surface area (Å²) >= 11 is 0. The first-order valence-electron chi connectivity index (χ1n) is 8.91. The fraction of sp³-hybridized carbons (Fsp3) is 0. The van der Waals surface area contributed by atoms with Crippen LogP contribution in [0.2, 0.25) is 0 Å². The van der Waals surface area contributed by atoms with E-state index >= 15 is 0 Å². The third-order valence-electron chi connectivity index (χ3n) is 4.16. The van der Waals surface area contributed by atoms with Gasteiger partial charge in [0.05, 0.1) is 0 Å². The molecule has 3 aromatic rings. The van der Waals surface area contributed by atoms with Crippen LogP contribution < -0.4 is 0 Å². The molecular formula is C24H18O6. The molecule has 0 spiro atoms. The van der Waals surface area contributed by atoms with Crippen LogP contribution >= 0.6 is 0 Å². The third kappa shape index (κ3) is 5.36. The lowest BCUT2D eigenvalue weighted by atomic mass is 10.1. The topological polar surface area (TPSA) is 115 Å². The molecule has 4 N–H and O–H groups in total. The predicted molar refractivity (Wildman–Crippen MR) is 113 cm³/mol. The Morgan fingerprint density at radius 1 is 0.533 bits per heavy atom. The molecule has 0 aliphatic rings. The molecule has 150 valence electrons. The molecule has 30 heavy (non-hydrogen) atoms. The van der Waals surface area contributed by atoms with Gasteiger partial charge in [0.15, 0.2) is 11.6 Å². The number of allylic oxidation sites excluding steroid dienone is 2. The van der Waals surface area contributed by atoms with Gasteiger partial charge in [-0.15, -0.1) is 0 Å². The summed E-state index contributed by atoms with van der Waals surface area (Å²) in [5.41, 5.74) is 1.82. The van der Waals surface area contributed by atoms with Crippen molar-refractivity contribution in [1.82, 2.24) is 0 Å². The molecule has 0 saturated carbocycles. The van der Waals surface area contributed by atoms with E-state index in [0.717, 1.165) is 23.3 Å². The Labute approximate surface area is 172 Å². The summed E-state index contributed by atoms with van der Waals surface area (Å²) in [6, 6.07) is 14.4. The van der Waals surface area contributed by atoms with Crippen LogP contribution in [0.1, 0.15) is 31.8 Å². The van der Waals surface area contributed by atoms with Gasteiger partial charge in [0.1, 0.15) is 23.0 Å². The van der Waals surface area contributed by atoms with E-state index in [9.17, 15) is 30.0 Å². The van der Waals surface area contributed by atoms with Crippen LogP contribution in [0.15, 0.2) is 72.8 Å². The van der Waals surface area contributed by atoms with Crippen molar-refractivity contribution in [2.24, 2.45) is 0 Å². The van der Waals surface area contributed by atoms with Gasteiger partial charge in [0.2, 0.25) is 0 Å².